The maximum atomic E-state index is 9.15. The molecule has 2 N–H and O–H groups in total. The molecule has 0 aliphatic carbocycles. The number of aliphatic hydroxyl groups excluding tert-OH is 1. The molecule has 256 valence electrons. The molecule has 0 radical (unpaired) electrons. The first-order chi connectivity index (χ1) is 24.1. The molecule has 6 aromatic heterocycles. The van der Waals surface area contributed by atoms with Gasteiger partial charge in [-0.25, -0.2) is 19.0 Å². The van der Waals surface area contributed by atoms with Crippen LogP contribution in [0.15, 0.2) is 86.0 Å². The van der Waals surface area contributed by atoms with Crippen LogP contribution >= 0.6 is 0 Å². The van der Waals surface area contributed by atoms with Gasteiger partial charge in [-0.1, -0.05) is 0 Å². The highest BCUT2D eigenvalue weighted by Gasteiger charge is 2.10. The molecule has 0 aromatic carbocycles. The van der Waals surface area contributed by atoms with E-state index in [1.165, 1.54) is 6.20 Å². The second-order valence-electron chi connectivity index (χ2n) is 11.2. The smallest absolute Gasteiger partial charge is 0.154 e. The number of ether oxygens (including phenoxy) is 3. The van der Waals surface area contributed by atoms with Crippen molar-refractivity contribution < 1.29 is 24.4 Å². The van der Waals surface area contributed by atoms with Crippen LogP contribution < -0.4 is 4.74 Å². The molecule has 0 saturated carbocycles. The Bertz CT molecular complexity index is 1850. The first-order valence-electron chi connectivity index (χ1n) is 16.2. The molecule has 15 nitrogen and oxygen atoms in total. The van der Waals surface area contributed by atoms with E-state index < -0.39 is 0 Å². The van der Waals surface area contributed by atoms with Gasteiger partial charge in [0.15, 0.2) is 11.3 Å². The minimum atomic E-state index is 0.150. The molecule has 2 aliphatic heterocycles. The van der Waals surface area contributed by atoms with E-state index in [2.05, 4.69) is 39.9 Å². The Kier molecular flexibility index (Phi) is 12.0. The van der Waals surface area contributed by atoms with Crippen molar-refractivity contribution in [2.24, 2.45) is 0 Å². The SMILES string of the molecule is OCCN1CCOCC1.Oc1ccc(-c2cnc3ccnn3c2)nc1.c1cc2ncc(-c3ccc(OCCN4CCOCC4)cn3)cn2n1. The molecule has 2 fully saturated rings. The largest absolute Gasteiger partial charge is 0.506 e. The van der Waals surface area contributed by atoms with E-state index >= 15 is 0 Å². The Morgan fingerprint density at radius 2 is 1.18 bits per heavy atom. The Hall–Kier alpha value is -5.06. The predicted octanol–water partition coefficient (Wildman–Crippen LogP) is 2.31. The standard InChI is InChI=1S/C17H19N5O2.C11H8N4O.C6H13NO2/c1-2-16(14-11-19-17-3-4-20-22(17)13-14)18-12-15(1)24-10-7-21-5-8-23-9-6-21;16-9-1-2-10(12-6-9)8-5-13-11-3-4-14-15(11)7-8;8-4-1-7-2-5-9-6-3-7/h1-4,11-13H,5-10H2;1-7,16H;8H,1-6H2. The lowest BCUT2D eigenvalue weighted by molar-refractivity contribution is 0.0306. The summed E-state index contributed by atoms with van der Waals surface area (Å²) >= 11 is 0. The second kappa shape index (κ2) is 17.4. The van der Waals surface area contributed by atoms with Crippen LogP contribution in [0.2, 0.25) is 0 Å². The Labute approximate surface area is 283 Å². The molecule has 0 spiro atoms. The quantitative estimate of drug-likeness (QED) is 0.243. The molecule has 0 amide bonds. The lowest BCUT2D eigenvalue weighted by Gasteiger charge is -2.26. The van der Waals surface area contributed by atoms with Crippen LogP contribution in [0.3, 0.4) is 0 Å². The molecule has 15 heteroatoms. The van der Waals surface area contributed by atoms with Gasteiger partial charge in [-0.15, -0.1) is 0 Å². The minimum absolute atomic E-state index is 0.150. The number of fused-ring (bicyclic) bond motifs is 2. The van der Waals surface area contributed by atoms with Gasteiger partial charge < -0.3 is 24.4 Å². The van der Waals surface area contributed by atoms with Crippen molar-refractivity contribution in [3.05, 3.63) is 86.0 Å². The number of nitrogens with zero attached hydrogens (tertiary/aromatic N) is 10. The van der Waals surface area contributed by atoms with Crippen molar-refractivity contribution in [1.82, 2.24) is 49.0 Å². The second-order valence-corrected chi connectivity index (χ2v) is 11.2. The van der Waals surface area contributed by atoms with Crippen molar-refractivity contribution >= 4 is 11.3 Å². The van der Waals surface area contributed by atoms with Gasteiger partial charge in [-0.05, 0) is 24.3 Å². The van der Waals surface area contributed by atoms with Crippen molar-refractivity contribution in [2.75, 3.05) is 78.9 Å². The lowest BCUT2D eigenvalue weighted by atomic mass is 10.2. The van der Waals surface area contributed by atoms with Crippen LogP contribution in [0.25, 0.3) is 33.8 Å². The highest BCUT2D eigenvalue weighted by atomic mass is 16.5. The van der Waals surface area contributed by atoms with E-state index in [9.17, 15) is 0 Å². The van der Waals surface area contributed by atoms with Crippen LogP contribution in [0.1, 0.15) is 0 Å². The van der Waals surface area contributed by atoms with E-state index in [0.29, 0.717) is 6.61 Å². The van der Waals surface area contributed by atoms with Gasteiger partial charge in [0.2, 0.25) is 0 Å². The number of aliphatic hydroxyl groups is 1. The molecule has 8 rings (SSSR count). The molecular weight excluding hydrogens is 628 g/mol. The van der Waals surface area contributed by atoms with Crippen molar-refractivity contribution in [1.29, 1.82) is 0 Å². The Balaban J connectivity index is 0.000000143. The fraction of sp³-hybridized carbons (Fsp3) is 0.353. The fourth-order valence-electron chi connectivity index (χ4n) is 5.16. The first-order valence-corrected chi connectivity index (χ1v) is 16.2. The Morgan fingerprint density at radius 3 is 1.69 bits per heavy atom. The molecule has 2 saturated heterocycles. The summed E-state index contributed by atoms with van der Waals surface area (Å²) in [5.74, 6) is 0.928. The van der Waals surface area contributed by atoms with Gasteiger partial charge in [-0.2, -0.15) is 10.2 Å². The average molecular weight is 669 g/mol. The zero-order valence-electron chi connectivity index (χ0n) is 27.2. The van der Waals surface area contributed by atoms with Crippen LogP contribution in [0, 0.1) is 0 Å². The van der Waals surface area contributed by atoms with Crippen LogP contribution in [-0.4, -0.2) is 138 Å². The molecule has 8 heterocycles. The van der Waals surface area contributed by atoms with E-state index in [1.807, 2.05) is 36.7 Å². The third kappa shape index (κ3) is 9.74. The first kappa shape index (κ1) is 33.8. The summed E-state index contributed by atoms with van der Waals surface area (Å²) in [5.41, 5.74) is 5.00. The van der Waals surface area contributed by atoms with Gasteiger partial charge in [0, 0.05) is 87.3 Å². The van der Waals surface area contributed by atoms with Gasteiger partial charge in [0.05, 0.1) is 69.2 Å². The van der Waals surface area contributed by atoms with Crippen LogP contribution in [0.5, 0.6) is 11.5 Å². The average Bonchev–Trinajstić information content (AvgIpc) is 3.83. The minimum Gasteiger partial charge on any atom is -0.506 e. The summed E-state index contributed by atoms with van der Waals surface area (Å²) in [6, 6.07) is 10.9. The number of rotatable bonds is 8. The highest BCUT2D eigenvalue weighted by Crippen LogP contribution is 2.20. The number of hydrogen-bond donors (Lipinski definition) is 2. The lowest BCUT2D eigenvalue weighted by Crippen LogP contribution is -2.38. The van der Waals surface area contributed by atoms with E-state index in [0.717, 1.165) is 105 Å². The maximum absolute atomic E-state index is 9.15. The summed E-state index contributed by atoms with van der Waals surface area (Å²) in [4.78, 5) is 21.7. The van der Waals surface area contributed by atoms with Gasteiger partial charge >= 0.3 is 0 Å². The zero-order valence-corrected chi connectivity index (χ0v) is 27.2. The highest BCUT2D eigenvalue weighted by molar-refractivity contribution is 5.59. The topological polar surface area (TPSA) is 161 Å². The summed E-state index contributed by atoms with van der Waals surface area (Å²) in [5, 5.41) is 26.0. The normalized spacial score (nSPS) is 15.3. The molecule has 0 unspecified atom stereocenters. The summed E-state index contributed by atoms with van der Waals surface area (Å²) < 4.78 is 19.7. The monoisotopic (exact) mass is 668 g/mol. The summed E-state index contributed by atoms with van der Waals surface area (Å²) in [6.45, 7) is 9.78. The van der Waals surface area contributed by atoms with Crippen LogP contribution in [-0.2, 0) is 9.47 Å². The molecule has 49 heavy (non-hydrogen) atoms. The van der Waals surface area contributed by atoms with Crippen molar-refractivity contribution in [3.63, 3.8) is 0 Å². The van der Waals surface area contributed by atoms with Gasteiger partial charge in [0.1, 0.15) is 18.1 Å². The van der Waals surface area contributed by atoms with Crippen molar-refractivity contribution in [3.8, 4) is 34.0 Å². The Morgan fingerprint density at radius 1 is 0.633 bits per heavy atom. The molecular formula is C34H40N10O5. The number of aromatic nitrogens is 8. The molecule has 2 aliphatic rings. The van der Waals surface area contributed by atoms with Crippen molar-refractivity contribution in [2.45, 2.75) is 0 Å². The number of pyridine rings is 2. The third-order valence-electron chi connectivity index (χ3n) is 7.87. The van der Waals surface area contributed by atoms with E-state index in [4.69, 9.17) is 24.4 Å². The fourth-order valence-corrected chi connectivity index (χ4v) is 5.16. The summed E-state index contributed by atoms with van der Waals surface area (Å²) in [7, 11) is 0. The number of β-amino-alcohol motifs (C(OH)–C–C–N with tert-alkyl or cyclic N) is 1. The zero-order chi connectivity index (χ0) is 33.7. The number of aromatic hydroxyl groups is 1. The predicted molar refractivity (Wildman–Crippen MR) is 181 cm³/mol. The number of hydrogen-bond acceptors (Lipinski definition) is 13. The molecule has 0 bridgehead atoms. The molecule has 6 aromatic rings. The van der Waals surface area contributed by atoms with Gasteiger partial charge in [0.25, 0.3) is 0 Å². The van der Waals surface area contributed by atoms with E-state index in [1.54, 1.807) is 52.1 Å². The number of morpholine rings is 2. The third-order valence-corrected chi connectivity index (χ3v) is 7.87. The van der Waals surface area contributed by atoms with Gasteiger partial charge in [-0.3, -0.25) is 19.8 Å². The van der Waals surface area contributed by atoms with E-state index in [-0.39, 0.29) is 12.4 Å². The maximum Gasteiger partial charge on any atom is 0.154 e. The van der Waals surface area contributed by atoms with Crippen LogP contribution in [0.4, 0.5) is 0 Å². The summed E-state index contributed by atoms with van der Waals surface area (Å²) in [6.07, 6.45) is 13.9. The molecule has 0 atom stereocenters.